The van der Waals surface area contributed by atoms with Crippen LogP contribution in [0.3, 0.4) is 0 Å². The summed E-state index contributed by atoms with van der Waals surface area (Å²) < 4.78 is 0. The zero-order valence-electron chi connectivity index (χ0n) is 12.4. The van der Waals surface area contributed by atoms with Gasteiger partial charge in [-0.2, -0.15) is 5.26 Å². The minimum absolute atomic E-state index is 0.0576. The monoisotopic (exact) mass is 319 g/mol. The van der Waals surface area contributed by atoms with Gasteiger partial charge < -0.3 is 4.98 Å². The molecular formula is C18H13N3OS. The zero-order valence-corrected chi connectivity index (χ0v) is 13.2. The summed E-state index contributed by atoms with van der Waals surface area (Å²) in [6.45, 7) is 0. The maximum atomic E-state index is 12.0. The van der Waals surface area contributed by atoms with Crippen LogP contribution in [0.5, 0.6) is 0 Å². The predicted molar refractivity (Wildman–Crippen MR) is 92.2 cm³/mol. The lowest BCUT2D eigenvalue weighted by molar-refractivity contribution is 1.01. The van der Waals surface area contributed by atoms with E-state index in [0.29, 0.717) is 10.9 Å². The fraction of sp³-hybridized carbons (Fsp3) is 0.0556. The predicted octanol–water partition coefficient (Wildman–Crippen LogP) is 3.70. The molecule has 5 heteroatoms. The third-order valence-electron chi connectivity index (χ3n) is 3.46. The van der Waals surface area contributed by atoms with Crippen molar-refractivity contribution in [3.05, 3.63) is 70.5 Å². The van der Waals surface area contributed by atoms with Crippen molar-refractivity contribution in [1.29, 1.82) is 5.26 Å². The Kier molecular flexibility index (Phi) is 4.26. The number of rotatable bonds is 3. The van der Waals surface area contributed by atoms with Crippen molar-refractivity contribution in [1.82, 2.24) is 9.97 Å². The molecule has 0 spiro atoms. The van der Waals surface area contributed by atoms with Gasteiger partial charge in [-0.1, -0.05) is 54.6 Å². The van der Waals surface area contributed by atoms with Gasteiger partial charge in [0.2, 0.25) is 0 Å². The molecule has 0 atom stereocenters. The minimum Gasteiger partial charge on any atom is -0.305 e. The van der Waals surface area contributed by atoms with Crippen LogP contribution in [0.25, 0.3) is 22.5 Å². The van der Waals surface area contributed by atoms with Gasteiger partial charge in [-0.15, -0.1) is 11.8 Å². The Morgan fingerprint density at radius 1 is 1.00 bits per heavy atom. The highest BCUT2D eigenvalue weighted by atomic mass is 32.2. The van der Waals surface area contributed by atoms with Crippen LogP contribution in [-0.4, -0.2) is 16.2 Å². The van der Waals surface area contributed by atoms with E-state index in [9.17, 15) is 4.79 Å². The van der Waals surface area contributed by atoms with Crippen LogP contribution >= 0.6 is 11.8 Å². The molecule has 0 aliphatic carbocycles. The maximum Gasteiger partial charge on any atom is 0.270 e. The van der Waals surface area contributed by atoms with E-state index in [1.165, 1.54) is 11.8 Å². The molecule has 0 bridgehead atoms. The van der Waals surface area contributed by atoms with Crippen LogP contribution < -0.4 is 5.56 Å². The van der Waals surface area contributed by atoms with Gasteiger partial charge in [0, 0.05) is 5.56 Å². The molecule has 0 unspecified atom stereocenters. The lowest BCUT2D eigenvalue weighted by Crippen LogP contribution is -2.14. The smallest absolute Gasteiger partial charge is 0.270 e. The number of hydrogen-bond donors (Lipinski definition) is 1. The molecule has 1 heterocycles. The Labute approximate surface area is 137 Å². The molecule has 2 aromatic carbocycles. The number of nitrogens with zero attached hydrogens (tertiary/aromatic N) is 2. The average Bonchev–Trinajstić information content (AvgIpc) is 2.62. The van der Waals surface area contributed by atoms with Crippen molar-refractivity contribution in [3.63, 3.8) is 0 Å². The molecule has 23 heavy (non-hydrogen) atoms. The highest BCUT2D eigenvalue weighted by Gasteiger charge is 2.11. The molecule has 3 aromatic rings. The average molecular weight is 319 g/mol. The Hall–Kier alpha value is -2.84. The normalized spacial score (nSPS) is 10.3. The molecule has 0 amide bonds. The van der Waals surface area contributed by atoms with Crippen molar-refractivity contribution in [2.24, 2.45) is 0 Å². The largest absolute Gasteiger partial charge is 0.305 e. The molecular weight excluding hydrogens is 306 g/mol. The Balaban J connectivity index is 2.02. The maximum absolute atomic E-state index is 12.0. The van der Waals surface area contributed by atoms with E-state index in [-0.39, 0.29) is 5.56 Å². The van der Waals surface area contributed by atoms with E-state index >= 15 is 0 Å². The summed E-state index contributed by atoms with van der Waals surface area (Å²) in [5.74, 6) is 0.470. The molecule has 1 N–H and O–H groups in total. The van der Waals surface area contributed by atoms with E-state index in [1.807, 2.05) is 60.7 Å². The highest BCUT2D eigenvalue weighted by Crippen LogP contribution is 2.24. The molecule has 112 valence electrons. The van der Waals surface area contributed by atoms with Gasteiger partial charge in [0.1, 0.15) is 22.5 Å². The number of aromatic nitrogens is 2. The summed E-state index contributed by atoms with van der Waals surface area (Å²) in [5, 5.41) is 9.47. The van der Waals surface area contributed by atoms with Crippen molar-refractivity contribution >= 4 is 11.8 Å². The van der Waals surface area contributed by atoms with Crippen molar-refractivity contribution in [2.75, 3.05) is 6.26 Å². The Morgan fingerprint density at radius 2 is 1.61 bits per heavy atom. The highest BCUT2D eigenvalue weighted by molar-refractivity contribution is 7.98. The van der Waals surface area contributed by atoms with Crippen LogP contribution in [0, 0.1) is 11.3 Å². The summed E-state index contributed by atoms with van der Waals surface area (Å²) in [6, 6.07) is 19.8. The van der Waals surface area contributed by atoms with Gasteiger partial charge in [-0.05, 0) is 17.4 Å². The number of aromatic amines is 1. The van der Waals surface area contributed by atoms with E-state index < -0.39 is 5.56 Å². The molecule has 0 fully saturated rings. The standard InChI is InChI=1S/C18H13N3OS/c1-23-18-15(11-19)17(22)20-16(21-18)14-9-7-13(8-10-14)12-5-3-2-4-6-12/h2-10H,1H3,(H,20,21,22). The van der Waals surface area contributed by atoms with Gasteiger partial charge in [-0.25, -0.2) is 4.98 Å². The third kappa shape index (κ3) is 3.03. The molecule has 4 nitrogen and oxygen atoms in total. The first kappa shape index (κ1) is 15.1. The van der Waals surface area contributed by atoms with Crippen LogP contribution in [-0.2, 0) is 0 Å². The van der Waals surface area contributed by atoms with Gasteiger partial charge >= 0.3 is 0 Å². The van der Waals surface area contributed by atoms with Gasteiger partial charge in [0.25, 0.3) is 5.56 Å². The summed E-state index contributed by atoms with van der Waals surface area (Å²) >= 11 is 1.29. The van der Waals surface area contributed by atoms with Crippen LogP contribution in [0.2, 0.25) is 0 Å². The number of benzene rings is 2. The summed E-state index contributed by atoms with van der Waals surface area (Å²) in [6.07, 6.45) is 1.80. The second kappa shape index (κ2) is 6.51. The Bertz CT molecular complexity index is 925. The second-order valence-corrected chi connectivity index (χ2v) is 5.65. The van der Waals surface area contributed by atoms with E-state index in [2.05, 4.69) is 9.97 Å². The Morgan fingerprint density at radius 3 is 2.22 bits per heavy atom. The molecule has 0 aliphatic heterocycles. The van der Waals surface area contributed by atoms with Crippen molar-refractivity contribution < 1.29 is 0 Å². The van der Waals surface area contributed by atoms with E-state index in [4.69, 9.17) is 5.26 Å². The fourth-order valence-corrected chi connectivity index (χ4v) is 2.81. The third-order valence-corrected chi connectivity index (χ3v) is 4.14. The van der Waals surface area contributed by atoms with Crippen LogP contribution in [0.15, 0.2) is 64.4 Å². The topological polar surface area (TPSA) is 69.5 Å². The lowest BCUT2D eigenvalue weighted by atomic mass is 10.0. The number of H-pyrrole nitrogens is 1. The zero-order chi connectivity index (χ0) is 16.2. The van der Waals surface area contributed by atoms with Crippen molar-refractivity contribution in [3.8, 4) is 28.6 Å². The number of hydrogen-bond acceptors (Lipinski definition) is 4. The fourth-order valence-electron chi connectivity index (χ4n) is 2.29. The minimum atomic E-state index is -0.408. The van der Waals surface area contributed by atoms with Gasteiger partial charge in [-0.3, -0.25) is 4.79 Å². The quantitative estimate of drug-likeness (QED) is 0.590. The van der Waals surface area contributed by atoms with Crippen LogP contribution in [0.1, 0.15) is 5.56 Å². The van der Waals surface area contributed by atoms with Gasteiger partial charge in [0.15, 0.2) is 0 Å². The summed E-state index contributed by atoms with van der Waals surface area (Å²) in [5.41, 5.74) is 2.68. The molecule has 3 rings (SSSR count). The van der Waals surface area contributed by atoms with E-state index in [0.717, 1.165) is 16.7 Å². The first-order chi connectivity index (χ1) is 11.2. The molecule has 0 saturated carbocycles. The first-order valence-corrected chi connectivity index (χ1v) is 8.19. The number of nitriles is 1. The SMILES string of the molecule is CSc1nc(-c2ccc(-c3ccccc3)cc2)[nH]c(=O)c1C#N. The molecule has 0 saturated heterocycles. The number of nitrogens with one attached hydrogen (secondary N) is 1. The molecule has 0 radical (unpaired) electrons. The molecule has 0 aliphatic rings. The molecule has 1 aromatic heterocycles. The van der Waals surface area contributed by atoms with Gasteiger partial charge in [0.05, 0.1) is 0 Å². The van der Waals surface area contributed by atoms with E-state index in [1.54, 1.807) is 6.26 Å². The van der Waals surface area contributed by atoms with Crippen molar-refractivity contribution in [2.45, 2.75) is 5.03 Å². The number of thioether (sulfide) groups is 1. The second-order valence-electron chi connectivity index (χ2n) is 4.85. The summed E-state index contributed by atoms with van der Waals surface area (Å²) in [4.78, 5) is 19.0. The first-order valence-electron chi connectivity index (χ1n) is 6.97. The van der Waals surface area contributed by atoms with Crippen LogP contribution in [0.4, 0.5) is 0 Å². The summed E-state index contributed by atoms with van der Waals surface area (Å²) in [7, 11) is 0. The lowest BCUT2D eigenvalue weighted by Gasteiger charge is -2.06.